The van der Waals surface area contributed by atoms with E-state index in [9.17, 15) is 4.79 Å². The second-order valence-corrected chi connectivity index (χ2v) is 5.65. The van der Waals surface area contributed by atoms with Gasteiger partial charge in [0.15, 0.2) is 0 Å². The van der Waals surface area contributed by atoms with Gasteiger partial charge >= 0.3 is 0 Å². The molecule has 1 aromatic carbocycles. The first kappa shape index (κ1) is 14.4. The average Bonchev–Trinajstić information content (AvgIpc) is 3.10. The van der Waals surface area contributed by atoms with Crippen LogP contribution in [-0.4, -0.2) is 15.9 Å². The number of hydrogen-bond acceptors (Lipinski definition) is 4. The number of amides is 1. The van der Waals surface area contributed by atoms with Crippen molar-refractivity contribution in [3.63, 3.8) is 0 Å². The van der Waals surface area contributed by atoms with E-state index in [1.807, 2.05) is 31.2 Å². The van der Waals surface area contributed by atoms with Gasteiger partial charge in [0.2, 0.25) is 0 Å². The Morgan fingerprint density at radius 1 is 1.09 bits per heavy atom. The molecule has 1 N–H and O–H groups in total. The van der Waals surface area contributed by atoms with Gasteiger partial charge in [0, 0.05) is 17.8 Å². The van der Waals surface area contributed by atoms with Crippen LogP contribution >= 0.6 is 11.3 Å². The Morgan fingerprint density at radius 3 is 2.41 bits per heavy atom. The molecule has 0 radical (unpaired) electrons. The second kappa shape index (κ2) is 6.49. The van der Waals surface area contributed by atoms with Gasteiger partial charge in [-0.2, -0.15) is 0 Å². The van der Waals surface area contributed by atoms with Crippen molar-refractivity contribution >= 4 is 17.2 Å². The zero-order valence-corrected chi connectivity index (χ0v) is 12.9. The molecule has 3 rings (SSSR count). The maximum Gasteiger partial charge on any atom is 0.271 e. The predicted octanol–water partition coefficient (Wildman–Crippen LogP) is 3.70. The van der Waals surface area contributed by atoms with Gasteiger partial charge in [-0.15, -0.1) is 11.3 Å². The second-order valence-electron chi connectivity index (χ2n) is 4.93. The normalized spacial score (nSPS) is 11.9. The fourth-order valence-corrected chi connectivity index (χ4v) is 2.72. The van der Waals surface area contributed by atoms with Crippen molar-refractivity contribution in [1.29, 1.82) is 0 Å². The molecule has 0 fully saturated rings. The molecule has 2 heterocycles. The smallest absolute Gasteiger partial charge is 0.271 e. The molecule has 0 bridgehead atoms. The molecule has 0 aliphatic carbocycles. The first-order valence-corrected chi connectivity index (χ1v) is 7.88. The van der Waals surface area contributed by atoms with Crippen molar-refractivity contribution in [1.82, 2.24) is 15.3 Å². The van der Waals surface area contributed by atoms with Crippen molar-refractivity contribution in [3.8, 4) is 11.1 Å². The Bertz CT molecular complexity index is 739. The Morgan fingerprint density at radius 2 is 1.77 bits per heavy atom. The molecule has 3 aromatic rings. The number of hydrogen-bond donors (Lipinski definition) is 1. The zero-order valence-electron chi connectivity index (χ0n) is 12.1. The summed E-state index contributed by atoms with van der Waals surface area (Å²) in [4.78, 5) is 20.0. The number of nitrogens with one attached hydrogen (secondary N) is 1. The molecule has 1 amide bonds. The molecule has 0 saturated heterocycles. The van der Waals surface area contributed by atoms with Crippen LogP contribution in [0.5, 0.6) is 0 Å². The van der Waals surface area contributed by atoms with Crippen LogP contribution < -0.4 is 5.32 Å². The number of thiazole rings is 1. The third-order valence-electron chi connectivity index (χ3n) is 3.44. The summed E-state index contributed by atoms with van der Waals surface area (Å²) in [6.07, 6.45) is 3.56. The van der Waals surface area contributed by atoms with Crippen molar-refractivity contribution in [2.45, 2.75) is 13.0 Å². The zero-order chi connectivity index (χ0) is 15.4. The van der Waals surface area contributed by atoms with Gasteiger partial charge in [0.25, 0.3) is 5.91 Å². The first-order valence-electron chi connectivity index (χ1n) is 6.93. The molecule has 5 heteroatoms. The number of carbonyl (C=O) groups is 1. The van der Waals surface area contributed by atoms with E-state index in [1.54, 1.807) is 23.3 Å². The number of pyridine rings is 1. The topological polar surface area (TPSA) is 54.9 Å². The Hall–Kier alpha value is -2.53. The fraction of sp³-hybridized carbons (Fsp3) is 0.118. The van der Waals surface area contributed by atoms with Gasteiger partial charge in [0.1, 0.15) is 5.69 Å². The maximum atomic E-state index is 12.0. The van der Waals surface area contributed by atoms with E-state index in [4.69, 9.17) is 0 Å². The predicted molar refractivity (Wildman–Crippen MR) is 87.7 cm³/mol. The first-order chi connectivity index (χ1) is 10.7. The summed E-state index contributed by atoms with van der Waals surface area (Å²) in [5, 5.41) is 4.70. The molecule has 22 heavy (non-hydrogen) atoms. The van der Waals surface area contributed by atoms with Crippen LogP contribution in [0, 0.1) is 0 Å². The highest BCUT2D eigenvalue weighted by atomic mass is 32.1. The molecule has 2 aromatic heterocycles. The molecule has 0 saturated carbocycles. The molecular formula is C17H15N3OS. The van der Waals surface area contributed by atoms with E-state index in [1.165, 1.54) is 11.3 Å². The third kappa shape index (κ3) is 3.20. The summed E-state index contributed by atoms with van der Waals surface area (Å²) in [6, 6.07) is 12.0. The SMILES string of the molecule is C[C@@H](NC(=O)c1cscn1)c1ccc(-c2ccncc2)cc1. The van der Waals surface area contributed by atoms with Crippen LogP contribution in [-0.2, 0) is 0 Å². The maximum absolute atomic E-state index is 12.0. The number of aromatic nitrogens is 2. The van der Waals surface area contributed by atoms with Gasteiger partial charge < -0.3 is 5.32 Å². The lowest BCUT2D eigenvalue weighted by atomic mass is 10.0. The fourth-order valence-electron chi connectivity index (χ4n) is 2.19. The highest BCUT2D eigenvalue weighted by molar-refractivity contribution is 7.07. The van der Waals surface area contributed by atoms with E-state index in [2.05, 4.69) is 27.4 Å². The summed E-state index contributed by atoms with van der Waals surface area (Å²) < 4.78 is 0. The molecule has 110 valence electrons. The quantitative estimate of drug-likeness (QED) is 0.799. The lowest BCUT2D eigenvalue weighted by molar-refractivity contribution is 0.0935. The molecule has 4 nitrogen and oxygen atoms in total. The molecule has 0 aliphatic heterocycles. The minimum atomic E-state index is -0.146. The van der Waals surface area contributed by atoms with Crippen LogP contribution in [0.3, 0.4) is 0 Å². The molecule has 0 spiro atoms. The van der Waals surface area contributed by atoms with Crippen LogP contribution in [0.25, 0.3) is 11.1 Å². The molecule has 0 unspecified atom stereocenters. The largest absolute Gasteiger partial charge is 0.344 e. The average molecular weight is 309 g/mol. The highest BCUT2D eigenvalue weighted by Crippen LogP contribution is 2.21. The molecule has 1 atom stereocenters. The molecule has 0 aliphatic rings. The minimum Gasteiger partial charge on any atom is -0.344 e. The Balaban J connectivity index is 1.71. The van der Waals surface area contributed by atoms with Crippen molar-refractivity contribution in [3.05, 3.63) is 70.9 Å². The van der Waals surface area contributed by atoms with E-state index >= 15 is 0 Å². The van der Waals surface area contributed by atoms with Gasteiger partial charge in [-0.1, -0.05) is 24.3 Å². The summed E-state index contributed by atoms with van der Waals surface area (Å²) in [7, 11) is 0. The van der Waals surface area contributed by atoms with Gasteiger partial charge in [-0.05, 0) is 35.7 Å². The van der Waals surface area contributed by atoms with Crippen LogP contribution in [0.1, 0.15) is 29.0 Å². The van der Waals surface area contributed by atoms with Crippen molar-refractivity contribution in [2.24, 2.45) is 0 Å². The van der Waals surface area contributed by atoms with Crippen molar-refractivity contribution in [2.75, 3.05) is 0 Å². The third-order valence-corrected chi connectivity index (χ3v) is 4.02. The number of rotatable bonds is 4. The van der Waals surface area contributed by atoms with Gasteiger partial charge in [-0.3, -0.25) is 9.78 Å². The standard InChI is InChI=1S/C17H15N3OS/c1-12(20-17(21)16-10-22-11-19-16)13-2-4-14(5-3-13)15-6-8-18-9-7-15/h2-12H,1H3,(H,20,21)/t12-/m1/s1. The van der Waals surface area contributed by atoms with Gasteiger partial charge in [-0.25, -0.2) is 4.98 Å². The van der Waals surface area contributed by atoms with Crippen molar-refractivity contribution < 1.29 is 4.79 Å². The summed E-state index contributed by atoms with van der Waals surface area (Å²) in [5.41, 5.74) is 5.43. The lowest BCUT2D eigenvalue weighted by Gasteiger charge is -2.14. The molecular weight excluding hydrogens is 294 g/mol. The number of carbonyl (C=O) groups excluding carboxylic acids is 1. The van der Waals surface area contributed by atoms with Crippen LogP contribution in [0.2, 0.25) is 0 Å². The summed E-state index contributed by atoms with van der Waals surface area (Å²) >= 11 is 1.41. The number of nitrogens with zero attached hydrogens (tertiary/aromatic N) is 2. The summed E-state index contributed by atoms with van der Waals surface area (Å²) in [5.74, 6) is -0.146. The Labute approximate surface area is 132 Å². The summed E-state index contributed by atoms with van der Waals surface area (Å²) in [6.45, 7) is 1.96. The van der Waals surface area contributed by atoms with E-state index in [0.29, 0.717) is 5.69 Å². The minimum absolute atomic E-state index is 0.0688. The van der Waals surface area contributed by atoms with E-state index < -0.39 is 0 Å². The van der Waals surface area contributed by atoms with E-state index in [-0.39, 0.29) is 11.9 Å². The van der Waals surface area contributed by atoms with Crippen LogP contribution in [0.15, 0.2) is 59.7 Å². The van der Waals surface area contributed by atoms with E-state index in [0.717, 1.165) is 16.7 Å². The lowest BCUT2D eigenvalue weighted by Crippen LogP contribution is -2.26. The highest BCUT2D eigenvalue weighted by Gasteiger charge is 2.12. The van der Waals surface area contributed by atoms with Crippen LogP contribution in [0.4, 0.5) is 0 Å². The monoisotopic (exact) mass is 309 g/mol. The number of benzene rings is 1. The Kier molecular flexibility index (Phi) is 4.25. The van der Waals surface area contributed by atoms with Gasteiger partial charge in [0.05, 0.1) is 11.6 Å².